The highest BCUT2D eigenvalue weighted by Gasteiger charge is 2.54. The van der Waals surface area contributed by atoms with Crippen LogP contribution >= 0.6 is 0 Å². The molecule has 1 unspecified atom stereocenters. The number of rotatable bonds is 6. The monoisotopic (exact) mass is 361 g/mol. The van der Waals surface area contributed by atoms with E-state index in [1.54, 1.807) is 6.20 Å². The van der Waals surface area contributed by atoms with E-state index in [1.807, 2.05) is 6.20 Å². The third-order valence-electron chi connectivity index (χ3n) is 5.74. The van der Waals surface area contributed by atoms with E-state index in [2.05, 4.69) is 19.6 Å². The minimum Gasteiger partial charge on any atom is -0.431 e. The van der Waals surface area contributed by atoms with Crippen molar-refractivity contribution in [2.45, 2.75) is 31.9 Å². The molecule has 2 saturated carbocycles. The molecule has 0 radical (unpaired) electrons. The average molecular weight is 361 g/mol. The number of nitrogens with zero attached hydrogens (tertiary/aromatic N) is 3. The van der Waals surface area contributed by atoms with Crippen LogP contribution < -0.4 is 15.8 Å². The SMILES string of the molecule is Nc1ncc(-c2cn(C3[C@H]4CNC[C@@H]34)c(CC3CC3)n2)cc1OC(F)F. The topological polar surface area (TPSA) is 78.0 Å². The number of nitrogens with one attached hydrogen (secondary N) is 1. The van der Waals surface area contributed by atoms with E-state index in [9.17, 15) is 8.78 Å². The van der Waals surface area contributed by atoms with Crippen LogP contribution in [0.2, 0.25) is 0 Å². The Kier molecular flexibility index (Phi) is 3.63. The first-order valence-corrected chi connectivity index (χ1v) is 9.09. The molecular formula is C18H21F2N5O. The van der Waals surface area contributed by atoms with Crippen molar-refractivity contribution in [1.82, 2.24) is 19.9 Å². The first kappa shape index (κ1) is 16.0. The van der Waals surface area contributed by atoms with Crippen LogP contribution in [0.1, 0.15) is 24.7 Å². The number of pyridine rings is 1. The normalized spacial score (nSPS) is 27.0. The number of alkyl halides is 2. The van der Waals surface area contributed by atoms with E-state index in [0.29, 0.717) is 23.4 Å². The van der Waals surface area contributed by atoms with Crippen molar-refractivity contribution >= 4 is 5.82 Å². The van der Waals surface area contributed by atoms with Crippen LogP contribution in [-0.2, 0) is 6.42 Å². The largest absolute Gasteiger partial charge is 0.431 e. The summed E-state index contributed by atoms with van der Waals surface area (Å²) in [6.07, 6.45) is 7.11. The summed E-state index contributed by atoms with van der Waals surface area (Å²) in [4.78, 5) is 8.82. The third-order valence-corrected chi connectivity index (χ3v) is 5.74. The molecule has 3 aliphatic rings. The highest BCUT2D eigenvalue weighted by atomic mass is 19.3. The van der Waals surface area contributed by atoms with Gasteiger partial charge in [0.1, 0.15) is 5.82 Å². The van der Waals surface area contributed by atoms with Crippen LogP contribution in [0.3, 0.4) is 0 Å². The van der Waals surface area contributed by atoms with Gasteiger partial charge in [0, 0.05) is 43.5 Å². The molecular weight excluding hydrogens is 340 g/mol. The standard InChI is InChI=1S/C18H21F2N5O/c19-18(20)26-14-4-10(5-23-17(14)21)13-8-25(15(24-13)3-9-1-2-9)16-11-6-22-7-12(11)16/h4-5,8-9,11-12,16,18,22H,1-3,6-7H2,(H2,21,23)/t11-,12+,16?. The summed E-state index contributed by atoms with van der Waals surface area (Å²) >= 11 is 0. The van der Waals surface area contributed by atoms with Crippen molar-refractivity contribution in [2.24, 2.45) is 17.8 Å². The van der Waals surface area contributed by atoms with Crippen LogP contribution in [0.25, 0.3) is 11.3 Å². The summed E-state index contributed by atoms with van der Waals surface area (Å²) in [7, 11) is 0. The maximum absolute atomic E-state index is 12.6. The number of imidazole rings is 1. The molecule has 6 nitrogen and oxygen atoms in total. The molecule has 2 aromatic heterocycles. The number of piperidine rings is 1. The van der Waals surface area contributed by atoms with Gasteiger partial charge in [-0.25, -0.2) is 9.97 Å². The fourth-order valence-electron chi connectivity index (χ4n) is 4.14. The Balaban J connectivity index is 1.48. The Hall–Kier alpha value is -2.22. The van der Waals surface area contributed by atoms with E-state index < -0.39 is 6.61 Å². The van der Waals surface area contributed by atoms with Gasteiger partial charge >= 0.3 is 6.61 Å². The Morgan fingerprint density at radius 2 is 2.08 bits per heavy atom. The lowest BCUT2D eigenvalue weighted by Crippen LogP contribution is -2.17. The molecule has 0 aromatic carbocycles. The number of anilines is 1. The number of ether oxygens (including phenoxy) is 1. The molecule has 138 valence electrons. The van der Waals surface area contributed by atoms with Crippen molar-refractivity contribution in [2.75, 3.05) is 18.8 Å². The minimum absolute atomic E-state index is 0.0468. The fourth-order valence-corrected chi connectivity index (χ4v) is 4.14. The zero-order valence-corrected chi connectivity index (χ0v) is 14.2. The first-order chi connectivity index (χ1) is 12.6. The number of hydrogen-bond donors (Lipinski definition) is 2. The van der Waals surface area contributed by atoms with Gasteiger partial charge in [-0.3, -0.25) is 0 Å². The Labute approximate surface area is 149 Å². The summed E-state index contributed by atoms with van der Waals surface area (Å²) < 4.78 is 31.9. The van der Waals surface area contributed by atoms with E-state index >= 15 is 0 Å². The zero-order chi connectivity index (χ0) is 17.8. The molecule has 1 aliphatic heterocycles. The van der Waals surface area contributed by atoms with Crippen LogP contribution in [0.15, 0.2) is 18.5 Å². The Bertz CT molecular complexity index is 825. The summed E-state index contributed by atoms with van der Waals surface area (Å²) in [6.45, 7) is -0.820. The average Bonchev–Trinajstić information content (AvgIpc) is 3.44. The van der Waals surface area contributed by atoms with Gasteiger partial charge < -0.3 is 20.4 Å². The van der Waals surface area contributed by atoms with Crippen molar-refractivity contribution in [3.05, 3.63) is 24.3 Å². The Morgan fingerprint density at radius 1 is 1.31 bits per heavy atom. The molecule has 26 heavy (non-hydrogen) atoms. The van der Waals surface area contributed by atoms with Gasteiger partial charge in [0.05, 0.1) is 5.69 Å². The molecule has 3 heterocycles. The van der Waals surface area contributed by atoms with Gasteiger partial charge in [0.15, 0.2) is 11.6 Å². The van der Waals surface area contributed by atoms with Crippen LogP contribution in [0.5, 0.6) is 5.75 Å². The lowest BCUT2D eigenvalue weighted by Gasteiger charge is -2.09. The molecule has 3 fully saturated rings. The summed E-state index contributed by atoms with van der Waals surface area (Å²) in [6, 6.07) is 2.00. The molecule has 2 aliphatic carbocycles. The van der Waals surface area contributed by atoms with Gasteiger partial charge in [0.2, 0.25) is 0 Å². The van der Waals surface area contributed by atoms with Gasteiger partial charge in [-0.05, 0) is 36.7 Å². The smallest absolute Gasteiger partial charge is 0.387 e. The number of hydrogen-bond acceptors (Lipinski definition) is 5. The van der Waals surface area contributed by atoms with Gasteiger partial charge in [-0.15, -0.1) is 0 Å². The predicted molar refractivity (Wildman–Crippen MR) is 91.8 cm³/mol. The van der Waals surface area contributed by atoms with Gasteiger partial charge in [0.25, 0.3) is 0 Å². The van der Waals surface area contributed by atoms with Crippen LogP contribution in [0, 0.1) is 17.8 Å². The molecule has 3 N–H and O–H groups in total. The number of nitrogens with two attached hydrogens (primary N) is 1. The molecule has 5 rings (SSSR count). The molecule has 0 amide bonds. The predicted octanol–water partition coefficient (Wildman–Crippen LogP) is 2.47. The zero-order valence-electron chi connectivity index (χ0n) is 14.2. The molecule has 0 bridgehead atoms. The third kappa shape index (κ3) is 2.82. The first-order valence-electron chi connectivity index (χ1n) is 9.09. The summed E-state index contributed by atoms with van der Waals surface area (Å²) in [5.41, 5.74) is 7.03. The van der Waals surface area contributed by atoms with E-state index in [1.165, 1.54) is 18.9 Å². The highest BCUT2D eigenvalue weighted by molar-refractivity contribution is 5.63. The van der Waals surface area contributed by atoms with Gasteiger partial charge in [-0.2, -0.15) is 8.78 Å². The summed E-state index contributed by atoms with van der Waals surface area (Å²) in [5, 5.41) is 3.42. The van der Waals surface area contributed by atoms with Crippen molar-refractivity contribution in [3.8, 4) is 17.0 Å². The lowest BCUT2D eigenvalue weighted by atomic mass is 10.2. The molecule has 0 spiro atoms. The molecule has 3 atom stereocenters. The van der Waals surface area contributed by atoms with Crippen molar-refractivity contribution in [3.63, 3.8) is 0 Å². The highest BCUT2D eigenvalue weighted by Crippen LogP contribution is 2.53. The maximum atomic E-state index is 12.6. The van der Waals surface area contributed by atoms with Crippen molar-refractivity contribution < 1.29 is 13.5 Å². The van der Waals surface area contributed by atoms with Crippen LogP contribution in [-0.4, -0.2) is 34.2 Å². The molecule has 1 saturated heterocycles. The number of fused-ring (bicyclic) bond motifs is 1. The Morgan fingerprint density at radius 3 is 2.77 bits per heavy atom. The number of halogens is 2. The summed E-state index contributed by atoms with van der Waals surface area (Å²) in [5.74, 6) is 3.02. The van der Waals surface area contributed by atoms with E-state index in [4.69, 9.17) is 10.7 Å². The lowest BCUT2D eigenvalue weighted by molar-refractivity contribution is -0.0494. The molecule has 2 aromatic rings. The van der Waals surface area contributed by atoms with Crippen LogP contribution in [0.4, 0.5) is 14.6 Å². The quantitative estimate of drug-likeness (QED) is 0.826. The molecule has 8 heteroatoms. The minimum atomic E-state index is -2.93. The second-order valence-electron chi connectivity index (χ2n) is 7.56. The maximum Gasteiger partial charge on any atom is 0.387 e. The van der Waals surface area contributed by atoms with E-state index in [0.717, 1.165) is 36.9 Å². The van der Waals surface area contributed by atoms with E-state index in [-0.39, 0.29) is 11.6 Å². The number of nitrogen functional groups attached to an aromatic ring is 1. The van der Waals surface area contributed by atoms with Gasteiger partial charge in [-0.1, -0.05) is 0 Å². The second-order valence-corrected chi connectivity index (χ2v) is 7.56. The second kappa shape index (κ2) is 5.90. The fraction of sp³-hybridized carbons (Fsp3) is 0.556. The van der Waals surface area contributed by atoms with Crippen molar-refractivity contribution in [1.29, 1.82) is 0 Å². The number of aromatic nitrogens is 3.